The van der Waals surface area contributed by atoms with E-state index in [0.29, 0.717) is 11.3 Å². The van der Waals surface area contributed by atoms with Gasteiger partial charge in [-0.25, -0.2) is 0 Å². The summed E-state index contributed by atoms with van der Waals surface area (Å²) in [4.78, 5) is 5.19. The Bertz CT molecular complexity index is 672. The van der Waals surface area contributed by atoms with Gasteiger partial charge < -0.3 is 4.90 Å². The number of piperazine rings is 1. The molecule has 1 saturated heterocycles. The Kier molecular flexibility index (Phi) is 8.86. The number of unbranched alkanes of at least 4 members (excludes halogenated alkanes) is 1. The van der Waals surface area contributed by atoms with Crippen molar-refractivity contribution in [3.8, 4) is 6.07 Å². The van der Waals surface area contributed by atoms with Crippen molar-refractivity contribution in [2.24, 2.45) is 11.3 Å². The first-order valence-electron chi connectivity index (χ1n) is 11.4. The van der Waals surface area contributed by atoms with Crippen molar-refractivity contribution >= 4 is 18.1 Å². The van der Waals surface area contributed by atoms with Crippen LogP contribution in [-0.2, 0) is 0 Å². The largest absolute Gasteiger partial charge is 0.369 e. The average molecular weight is 418 g/mol. The first kappa shape index (κ1) is 24.0. The second-order valence-corrected chi connectivity index (χ2v) is 9.98. The highest BCUT2D eigenvalue weighted by Crippen LogP contribution is 2.45. The lowest BCUT2D eigenvalue weighted by atomic mass is 9.68. The monoisotopic (exact) mass is 417 g/mol. The van der Waals surface area contributed by atoms with Gasteiger partial charge in [0.15, 0.2) is 0 Å². The summed E-state index contributed by atoms with van der Waals surface area (Å²) in [6.45, 7) is 15.2. The fourth-order valence-corrected chi connectivity index (χ4v) is 5.10. The molecule has 1 aliphatic heterocycles. The SMILES string of the molecule is CCCCN1CCN(c2ccc(C#N)cc2C2CCC(C(C)(C)C)CC2)CC1.Cl. The number of hydrogen-bond acceptors (Lipinski definition) is 3. The van der Waals surface area contributed by atoms with E-state index >= 15 is 0 Å². The van der Waals surface area contributed by atoms with Crippen LogP contribution in [0.25, 0.3) is 0 Å². The molecule has 0 radical (unpaired) electrons. The van der Waals surface area contributed by atoms with E-state index in [-0.39, 0.29) is 12.4 Å². The van der Waals surface area contributed by atoms with Gasteiger partial charge in [-0.3, -0.25) is 4.90 Å². The molecule has 4 heteroatoms. The van der Waals surface area contributed by atoms with Crippen LogP contribution in [0, 0.1) is 22.7 Å². The lowest BCUT2D eigenvalue weighted by Gasteiger charge is -2.40. The topological polar surface area (TPSA) is 30.3 Å². The van der Waals surface area contributed by atoms with Crippen LogP contribution in [0.1, 0.15) is 83.3 Å². The van der Waals surface area contributed by atoms with E-state index in [4.69, 9.17) is 0 Å². The summed E-state index contributed by atoms with van der Waals surface area (Å²) in [5, 5.41) is 9.46. The van der Waals surface area contributed by atoms with Gasteiger partial charge in [-0.1, -0.05) is 34.1 Å². The van der Waals surface area contributed by atoms with Crippen LogP contribution in [0.5, 0.6) is 0 Å². The van der Waals surface area contributed by atoms with E-state index in [9.17, 15) is 5.26 Å². The van der Waals surface area contributed by atoms with E-state index in [1.807, 2.05) is 6.07 Å². The van der Waals surface area contributed by atoms with Crippen LogP contribution in [0.3, 0.4) is 0 Å². The molecule has 2 fully saturated rings. The Balaban J connectivity index is 0.00000300. The molecule has 162 valence electrons. The summed E-state index contributed by atoms with van der Waals surface area (Å²) >= 11 is 0. The number of rotatable bonds is 5. The van der Waals surface area contributed by atoms with E-state index in [1.165, 1.54) is 56.3 Å². The minimum atomic E-state index is 0. The van der Waals surface area contributed by atoms with Gasteiger partial charge in [-0.15, -0.1) is 12.4 Å². The smallest absolute Gasteiger partial charge is 0.0991 e. The molecule has 3 rings (SSSR count). The Morgan fingerprint density at radius 2 is 1.69 bits per heavy atom. The molecule has 0 atom stereocenters. The molecule has 1 heterocycles. The van der Waals surface area contributed by atoms with Crippen LogP contribution in [0.15, 0.2) is 18.2 Å². The maximum Gasteiger partial charge on any atom is 0.0991 e. The van der Waals surface area contributed by atoms with E-state index in [0.717, 1.165) is 37.7 Å². The molecule has 1 aliphatic carbocycles. The molecule has 0 bridgehead atoms. The van der Waals surface area contributed by atoms with Crippen LogP contribution in [0.4, 0.5) is 5.69 Å². The molecule has 1 saturated carbocycles. The lowest BCUT2D eigenvalue weighted by Crippen LogP contribution is -2.47. The highest BCUT2D eigenvalue weighted by Gasteiger charge is 2.32. The van der Waals surface area contributed by atoms with Gasteiger partial charge in [0.1, 0.15) is 0 Å². The standard InChI is InChI=1S/C25H39N3.ClH/c1-5-6-13-27-14-16-28(17-15-27)24-12-7-20(19-26)18-23(24)21-8-10-22(11-9-21)25(2,3)4;/h7,12,18,21-22H,5-6,8-11,13-17H2,1-4H3;1H. The van der Waals surface area contributed by atoms with Crippen molar-refractivity contribution < 1.29 is 0 Å². The summed E-state index contributed by atoms with van der Waals surface area (Å²) in [7, 11) is 0. The predicted molar refractivity (Wildman–Crippen MR) is 126 cm³/mol. The van der Waals surface area contributed by atoms with Crippen molar-refractivity contribution in [2.45, 2.75) is 72.1 Å². The first-order chi connectivity index (χ1) is 13.4. The number of benzene rings is 1. The van der Waals surface area contributed by atoms with Crippen molar-refractivity contribution in [3.05, 3.63) is 29.3 Å². The minimum Gasteiger partial charge on any atom is -0.369 e. The molecule has 1 aromatic rings. The van der Waals surface area contributed by atoms with Gasteiger partial charge in [-0.05, 0) is 79.7 Å². The normalized spacial score (nSPS) is 23.3. The van der Waals surface area contributed by atoms with Crippen LogP contribution < -0.4 is 4.90 Å². The predicted octanol–water partition coefficient (Wildman–Crippen LogP) is 6.22. The molecule has 29 heavy (non-hydrogen) atoms. The third kappa shape index (κ3) is 6.12. The van der Waals surface area contributed by atoms with Gasteiger partial charge in [0.05, 0.1) is 11.6 Å². The highest BCUT2D eigenvalue weighted by molar-refractivity contribution is 5.85. The zero-order valence-electron chi connectivity index (χ0n) is 18.9. The van der Waals surface area contributed by atoms with Gasteiger partial charge >= 0.3 is 0 Å². The van der Waals surface area contributed by atoms with Gasteiger partial charge in [0.2, 0.25) is 0 Å². The Labute approximate surface area is 184 Å². The molecule has 0 spiro atoms. The van der Waals surface area contributed by atoms with Gasteiger partial charge in [0, 0.05) is 31.9 Å². The second kappa shape index (κ2) is 10.7. The third-order valence-corrected chi connectivity index (χ3v) is 7.09. The molecular formula is C25H40ClN3. The number of nitrogens with zero attached hydrogens (tertiary/aromatic N) is 3. The van der Waals surface area contributed by atoms with E-state index in [1.54, 1.807) is 0 Å². The molecule has 0 aromatic heterocycles. The maximum absolute atomic E-state index is 9.46. The Morgan fingerprint density at radius 1 is 1.03 bits per heavy atom. The maximum atomic E-state index is 9.46. The molecule has 2 aliphatic rings. The minimum absolute atomic E-state index is 0. The zero-order chi connectivity index (χ0) is 20.1. The Morgan fingerprint density at radius 3 is 2.24 bits per heavy atom. The fourth-order valence-electron chi connectivity index (χ4n) is 5.10. The molecule has 1 aromatic carbocycles. The molecule has 0 N–H and O–H groups in total. The Hall–Kier alpha value is -1.24. The number of hydrogen-bond donors (Lipinski definition) is 0. The summed E-state index contributed by atoms with van der Waals surface area (Å²) in [6.07, 6.45) is 7.74. The number of nitriles is 1. The molecule has 0 unspecified atom stereocenters. The first-order valence-corrected chi connectivity index (χ1v) is 11.4. The van der Waals surface area contributed by atoms with Crippen LogP contribution in [0.2, 0.25) is 0 Å². The van der Waals surface area contributed by atoms with Crippen LogP contribution >= 0.6 is 12.4 Å². The number of anilines is 1. The summed E-state index contributed by atoms with van der Waals surface area (Å²) in [5.41, 5.74) is 4.07. The lowest BCUT2D eigenvalue weighted by molar-refractivity contribution is 0.169. The van der Waals surface area contributed by atoms with Crippen molar-refractivity contribution in [1.29, 1.82) is 5.26 Å². The van der Waals surface area contributed by atoms with E-state index in [2.05, 4.69) is 55.7 Å². The van der Waals surface area contributed by atoms with Crippen LogP contribution in [-0.4, -0.2) is 37.6 Å². The molecular weight excluding hydrogens is 378 g/mol. The fraction of sp³-hybridized carbons (Fsp3) is 0.720. The summed E-state index contributed by atoms with van der Waals surface area (Å²) < 4.78 is 0. The van der Waals surface area contributed by atoms with Crippen molar-refractivity contribution in [2.75, 3.05) is 37.6 Å². The van der Waals surface area contributed by atoms with Gasteiger partial charge in [0.25, 0.3) is 0 Å². The van der Waals surface area contributed by atoms with Crippen molar-refractivity contribution in [3.63, 3.8) is 0 Å². The molecule has 0 amide bonds. The molecule has 3 nitrogen and oxygen atoms in total. The van der Waals surface area contributed by atoms with E-state index < -0.39 is 0 Å². The summed E-state index contributed by atoms with van der Waals surface area (Å²) in [5.74, 6) is 1.44. The quantitative estimate of drug-likeness (QED) is 0.569. The number of halogens is 1. The zero-order valence-corrected chi connectivity index (χ0v) is 19.7. The second-order valence-electron chi connectivity index (χ2n) is 9.98. The average Bonchev–Trinajstić information content (AvgIpc) is 2.71. The van der Waals surface area contributed by atoms with Gasteiger partial charge in [-0.2, -0.15) is 5.26 Å². The highest BCUT2D eigenvalue weighted by atomic mass is 35.5. The third-order valence-electron chi connectivity index (χ3n) is 7.09. The summed E-state index contributed by atoms with van der Waals surface area (Å²) in [6, 6.07) is 8.81. The van der Waals surface area contributed by atoms with Crippen molar-refractivity contribution in [1.82, 2.24) is 4.90 Å².